The predicted octanol–water partition coefficient (Wildman–Crippen LogP) is 6.15. The van der Waals surface area contributed by atoms with Crippen molar-refractivity contribution < 1.29 is 22.4 Å². The van der Waals surface area contributed by atoms with Gasteiger partial charge in [-0.3, -0.25) is 13.9 Å². The standard InChI is InChI=1S/C34H35ClFN3O4S/c1-3-20-37-34(41)32(21-26-12-6-4-7-13-26)38(23-27-14-10-11-17-31(27)36)33(40)24-39(28-19-18-25(2)30(35)22-28)44(42,43)29-15-8-5-9-16-29/h4-19,22,32H,3,20-21,23-24H2,1-2H3,(H,37,41)/t32-/m1/s1. The van der Waals surface area contributed by atoms with Crippen LogP contribution in [-0.2, 0) is 32.6 Å². The first-order valence-corrected chi connectivity index (χ1v) is 16.1. The first kappa shape index (κ1) is 32.7. The summed E-state index contributed by atoms with van der Waals surface area (Å²) in [5, 5.41) is 3.19. The van der Waals surface area contributed by atoms with E-state index in [2.05, 4.69) is 5.32 Å². The lowest BCUT2D eigenvalue weighted by molar-refractivity contribution is -0.140. The molecule has 0 aliphatic heterocycles. The number of carbonyl (C=O) groups excluding carboxylic acids is 2. The van der Waals surface area contributed by atoms with Crippen LogP contribution in [0.2, 0.25) is 5.02 Å². The van der Waals surface area contributed by atoms with Crippen molar-refractivity contribution in [1.29, 1.82) is 0 Å². The molecular weight excluding hydrogens is 601 g/mol. The summed E-state index contributed by atoms with van der Waals surface area (Å²) < 4.78 is 44.0. The van der Waals surface area contributed by atoms with E-state index in [1.54, 1.807) is 43.3 Å². The monoisotopic (exact) mass is 635 g/mol. The van der Waals surface area contributed by atoms with Gasteiger partial charge in [0.1, 0.15) is 18.4 Å². The van der Waals surface area contributed by atoms with Crippen molar-refractivity contribution in [3.8, 4) is 0 Å². The maximum Gasteiger partial charge on any atom is 0.264 e. The normalized spacial score (nSPS) is 11.9. The molecule has 7 nitrogen and oxygen atoms in total. The molecule has 0 radical (unpaired) electrons. The lowest BCUT2D eigenvalue weighted by Gasteiger charge is -2.34. The van der Waals surface area contributed by atoms with E-state index in [-0.39, 0.29) is 29.1 Å². The van der Waals surface area contributed by atoms with Crippen LogP contribution in [0, 0.1) is 12.7 Å². The van der Waals surface area contributed by atoms with E-state index in [9.17, 15) is 22.4 Å². The minimum Gasteiger partial charge on any atom is -0.354 e. The number of rotatable bonds is 13. The van der Waals surface area contributed by atoms with E-state index in [4.69, 9.17) is 11.6 Å². The molecule has 0 fully saturated rings. The van der Waals surface area contributed by atoms with Crippen molar-refractivity contribution >= 4 is 39.1 Å². The Balaban J connectivity index is 1.81. The molecule has 230 valence electrons. The van der Waals surface area contributed by atoms with E-state index in [0.717, 1.165) is 15.4 Å². The zero-order valence-corrected chi connectivity index (χ0v) is 26.2. The van der Waals surface area contributed by atoms with Gasteiger partial charge in [0, 0.05) is 30.1 Å². The summed E-state index contributed by atoms with van der Waals surface area (Å²) in [6.07, 6.45) is 0.806. The summed E-state index contributed by atoms with van der Waals surface area (Å²) in [4.78, 5) is 29.2. The summed E-state index contributed by atoms with van der Waals surface area (Å²) in [7, 11) is -4.26. The Morgan fingerprint density at radius 3 is 2.18 bits per heavy atom. The zero-order valence-electron chi connectivity index (χ0n) is 24.6. The Morgan fingerprint density at radius 1 is 0.909 bits per heavy atom. The number of anilines is 1. The molecule has 0 saturated carbocycles. The van der Waals surface area contributed by atoms with Crippen molar-refractivity contribution in [3.63, 3.8) is 0 Å². The molecule has 4 aromatic carbocycles. The molecule has 0 heterocycles. The van der Waals surface area contributed by atoms with Gasteiger partial charge in [0.05, 0.1) is 10.6 Å². The maximum absolute atomic E-state index is 15.0. The average Bonchev–Trinajstić information content (AvgIpc) is 3.03. The summed E-state index contributed by atoms with van der Waals surface area (Å²) in [6.45, 7) is 3.16. The highest BCUT2D eigenvalue weighted by atomic mass is 35.5. The maximum atomic E-state index is 15.0. The van der Waals surface area contributed by atoms with Gasteiger partial charge in [-0.1, -0.05) is 91.3 Å². The fraction of sp³-hybridized carbons (Fsp3) is 0.235. The summed E-state index contributed by atoms with van der Waals surface area (Å²) >= 11 is 6.40. The smallest absolute Gasteiger partial charge is 0.264 e. The molecular formula is C34H35ClFN3O4S. The van der Waals surface area contributed by atoms with Crippen LogP contribution in [0.3, 0.4) is 0 Å². The number of amides is 2. The number of hydrogen-bond acceptors (Lipinski definition) is 4. The Labute approximate surface area is 263 Å². The minimum absolute atomic E-state index is 0.0216. The quantitative estimate of drug-likeness (QED) is 0.191. The van der Waals surface area contributed by atoms with Crippen molar-refractivity contribution in [3.05, 3.63) is 131 Å². The number of sulfonamides is 1. The topological polar surface area (TPSA) is 86.8 Å². The molecule has 0 aromatic heterocycles. The number of benzene rings is 4. The third-order valence-corrected chi connectivity index (χ3v) is 9.37. The van der Waals surface area contributed by atoms with Gasteiger partial charge in [0.15, 0.2) is 0 Å². The van der Waals surface area contributed by atoms with Crippen LogP contribution in [0.25, 0.3) is 0 Å². The molecule has 0 saturated heterocycles. The van der Waals surface area contributed by atoms with Crippen molar-refractivity contribution in [1.82, 2.24) is 10.2 Å². The van der Waals surface area contributed by atoms with Crippen LogP contribution < -0.4 is 9.62 Å². The second-order valence-electron chi connectivity index (χ2n) is 10.4. The van der Waals surface area contributed by atoms with E-state index in [1.807, 2.05) is 37.3 Å². The first-order valence-electron chi connectivity index (χ1n) is 14.3. The van der Waals surface area contributed by atoms with Crippen LogP contribution >= 0.6 is 11.6 Å². The Kier molecular flexibility index (Phi) is 11.1. The van der Waals surface area contributed by atoms with Crippen molar-refractivity contribution in [2.75, 3.05) is 17.4 Å². The van der Waals surface area contributed by atoms with E-state index < -0.39 is 40.2 Å². The van der Waals surface area contributed by atoms with Gasteiger partial charge in [-0.2, -0.15) is 0 Å². The summed E-state index contributed by atoms with van der Waals surface area (Å²) in [6, 6.07) is 26.6. The molecule has 0 bridgehead atoms. The molecule has 0 unspecified atom stereocenters. The lowest BCUT2D eigenvalue weighted by atomic mass is 10.0. The van der Waals surface area contributed by atoms with E-state index >= 15 is 0 Å². The van der Waals surface area contributed by atoms with Crippen molar-refractivity contribution in [2.45, 2.75) is 44.2 Å². The Morgan fingerprint density at radius 2 is 1.55 bits per heavy atom. The predicted molar refractivity (Wildman–Crippen MR) is 171 cm³/mol. The highest BCUT2D eigenvalue weighted by Gasteiger charge is 2.35. The number of carbonyl (C=O) groups is 2. The van der Waals surface area contributed by atoms with Crippen LogP contribution in [0.15, 0.2) is 108 Å². The highest BCUT2D eigenvalue weighted by Crippen LogP contribution is 2.29. The number of halogens is 2. The van der Waals surface area contributed by atoms with Crippen molar-refractivity contribution in [2.24, 2.45) is 0 Å². The molecule has 4 aromatic rings. The number of hydrogen-bond donors (Lipinski definition) is 1. The molecule has 0 aliphatic carbocycles. The van der Waals surface area contributed by atoms with Crippen LogP contribution in [0.5, 0.6) is 0 Å². The van der Waals surface area contributed by atoms with Gasteiger partial charge >= 0.3 is 0 Å². The first-order chi connectivity index (χ1) is 21.1. The van der Waals surface area contributed by atoms with Crippen LogP contribution in [-0.4, -0.2) is 44.3 Å². The molecule has 1 N–H and O–H groups in total. The molecule has 44 heavy (non-hydrogen) atoms. The molecule has 4 rings (SSSR count). The van der Waals surface area contributed by atoms with Gasteiger partial charge in [0.2, 0.25) is 11.8 Å². The average molecular weight is 636 g/mol. The second-order valence-corrected chi connectivity index (χ2v) is 12.6. The summed E-state index contributed by atoms with van der Waals surface area (Å²) in [5.41, 5.74) is 1.89. The number of nitrogens with zero attached hydrogens (tertiary/aromatic N) is 2. The van der Waals surface area contributed by atoms with Gasteiger partial charge < -0.3 is 10.2 Å². The fourth-order valence-electron chi connectivity index (χ4n) is 4.72. The number of aryl methyl sites for hydroxylation is 1. The van der Waals surface area contributed by atoms with Gasteiger partial charge in [0.25, 0.3) is 10.0 Å². The summed E-state index contributed by atoms with van der Waals surface area (Å²) in [5.74, 6) is -1.65. The third kappa shape index (κ3) is 8.03. The second kappa shape index (κ2) is 15.0. The SMILES string of the molecule is CCCNC(=O)[C@@H](Cc1ccccc1)N(Cc1ccccc1F)C(=O)CN(c1ccc(C)c(Cl)c1)S(=O)(=O)c1ccccc1. The lowest BCUT2D eigenvalue weighted by Crippen LogP contribution is -2.53. The molecule has 10 heteroatoms. The van der Waals surface area contributed by atoms with Crippen LogP contribution in [0.1, 0.15) is 30.0 Å². The van der Waals surface area contributed by atoms with Gasteiger partial charge in [-0.25, -0.2) is 12.8 Å². The van der Waals surface area contributed by atoms with Gasteiger partial charge in [-0.15, -0.1) is 0 Å². The molecule has 0 aliphatic rings. The van der Waals surface area contributed by atoms with E-state index in [0.29, 0.717) is 18.0 Å². The third-order valence-electron chi connectivity index (χ3n) is 7.17. The zero-order chi connectivity index (χ0) is 31.7. The Hall–Kier alpha value is -4.21. The fourth-order valence-corrected chi connectivity index (χ4v) is 6.32. The Bertz CT molecular complexity index is 1690. The van der Waals surface area contributed by atoms with Crippen LogP contribution in [0.4, 0.5) is 10.1 Å². The minimum atomic E-state index is -4.26. The molecule has 2 amide bonds. The number of nitrogens with one attached hydrogen (secondary N) is 1. The van der Waals surface area contributed by atoms with Gasteiger partial charge in [-0.05, 0) is 54.8 Å². The van der Waals surface area contributed by atoms with E-state index in [1.165, 1.54) is 41.3 Å². The highest BCUT2D eigenvalue weighted by molar-refractivity contribution is 7.92. The molecule has 1 atom stereocenters. The molecule has 0 spiro atoms. The largest absolute Gasteiger partial charge is 0.354 e.